The van der Waals surface area contributed by atoms with Crippen LogP contribution in [0.4, 0.5) is 5.82 Å². The Kier molecular flexibility index (Phi) is 3.78. The van der Waals surface area contributed by atoms with Gasteiger partial charge in [-0.3, -0.25) is 4.68 Å². The number of rotatable bonds is 3. The molecule has 4 nitrogen and oxygen atoms in total. The second-order valence-corrected chi connectivity index (χ2v) is 6.41. The molecule has 3 rings (SSSR count). The van der Waals surface area contributed by atoms with E-state index in [1.807, 2.05) is 16.9 Å². The summed E-state index contributed by atoms with van der Waals surface area (Å²) in [6, 6.07) is 1.87. The molecule has 1 aliphatic heterocycles. The van der Waals surface area contributed by atoms with Gasteiger partial charge in [-0.25, -0.2) is 0 Å². The van der Waals surface area contributed by atoms with Crippen molar-refractivity contribution in [3.8, 4) is 0 Å². The summed E-state index contributed by atoms with van der Waals surface area (Å²) in [5.74, 6) is 0.625. The molecule has 19 heavy (non-hydrogen) atoms. The van der Waals surface area contributed by atoms with E-state index in [0.717, 1.165) is 13.1 Å². The molecule has 1 saturated heterocycles. The van der Waals surface area contributed by atoms with E-state index < -0.39 is 0 Å². The van der Waals surface area contributed by atoms with Gasteiger partial charge >= 0.3 is 0 Å². The minimum atomic E-state index is 0.625. The van der Waals surface area contributed by atoms with Gasteiger partial charge in [-0.15, -0.1) is 0 Å². The molecule has 2 heterocycles. The van der Waals surface area contributed by atoms with Crippen LogP contribution in [0, 0.1) is 5.41 Å². The van der Waals surface area contributed by atoms with Crippen molar-refractivity contribution in [2.24, 2.45) is 5.41 Å². The maximum Gasteiger partial charge on any atom is 0.145 e. The molecule has 1 saturated carbocycles. The molecule has 4 heteroatoms. The lowest BCUT2D eigenvalue weighted by Gasteiger charge is -2.44. The third kappa shape index (κ3) is 3.11. The van der Waals surface area contributed by atoms with E-state index in [1.54, 1.807) is 0 Å². The Labute approximate surface area is 116 Å². The number of nitrogens with zero attached hydrogens (tertiary/aromatic N) is 3. The highest BCUT2D eigenvalue weighted by atomic mass is 15.3. The molecule has 0 atom stereocenters. The fourth-order valence-electron chi connectivity index (χ4n) is 3.80. The lowest BCUT2D eigenvalue weighted by molar-refractivity contribution is 0.0657. The van der Waals surface area contributed by atoms with Crippen LogP contribution in [0.1, 0.15) is 44.9 Å². The summed E-state index contributed by atoms with van der Waals surface area (Å²) in [4.78, 5) is 2.59. The first-order valence-electron chi connectivity index (χ1n) is 7.77. The summed E-state index contributed by atoms with van der Waals surface area (Å²) in [5, 5.41) is 4.25. The van der Waals surface area contributed by atoms with Gasteiger partial charge in [0.25, 0.3) is 0 Å². The summed E-state index contributed by atoms with van der Waals surface area (Å²) < 4.78 is 1.96. The number of nitrogens with two attached hydrogens (primary N) is 1. The van der Waals surface area contributed by atoms with Crippen LogP contribution in [0.2, 0.25) is 0 Å². The SMILES string of the molecule is Nc1ccn(CCN2CCC3(CCCCC3)CC2)n1. The van der Waals surface area contributed by atoms with Gasteiger partial charge in [0, 0.05) is 12.7 Å². The molecule has 0 radical (unpaired) electrons. The monoisotopic (exact) mass is 262 g/mol. The van der Waals surface area contributed by atoms with Gasteiger partial charge < -0.3 is 10.6 Å². The summed E-state index contributed by atoms with van der Waals surface area (Å²) in [7, 11) is 0. The zero-order valence-corrected chi connectivity index (χ0v) is 11.9. The minimum Gasteiger partial charge on any atom is -0.382 e. The number of hydrogen-bond acceptors (Lipinski definition) is 3. The molecule has 1 aromatic heterocycles. The van der Waals surface area contributed by atoms with Crippen molar-refractivity contribution in [3.63, 3.8) is 0 Å². The van der Waals surface area contributed by atoms with Crippen molar-refractivity contribution in [1.29, 1.82) is 0 Å². The van der Waals surface area contributed by atoms with E-state index >= 15 is 0 Å². The Bertz CT molecular complexity index is 396. The third-order valence-electron chi connectivity index (χ3n) is 5.14. The van der Waals surface area contributed by atoms with Crippen molar-refractivity contribution in [1.82, 2.24) is 14.7 Å². The van der Waals surface area contributed by atoms with Gasteiger partial charge in [0.2, 0.25) is 0 Å². The van der Waals surface area contributed by atoms with Crippen LogP contribution in [0.3, 0.4) is 0 Å². The van der Waals surface area contributed by atoms with E-state index in [4.69, 9.17) is 5.73 Å². The molecular weight excluding hydrogens is 236 g/mol. The average molecular weight is 262 g/mol. The highest BCUT2D eigenvalue weighted by Crippen LogP contribution is 2.44. The van der Waals surface area contributed by atoms with Gasteiger partial charge in [0.15, 0.2) is 0 Å². The number of aromatic nitrogens is 2. The predicted octanol–water partition coefficient (Wildman–Crippen LogP) is 2.51. The van der Waals surface area contributed by atoms with Crippen LogP contribution in [0.25, 0.3) is 0 Å². The van der Waals surface area contributed by atoms with E-state index in [0.29, 0.717) is 11.2 Å². The van der Waals surface area contributed by atoms with Crippen molar-refractivity contribution in [2.75, 3.05) is 25.4 Å². The molecule has 1 spiro atoms. The molecule has 106 valence electrons. The van der Waals surface area contributed by atoms with Gasteiger partial charge in [-0.05, 0) is 50.3 Å². The molecule has 2 fully saturated rings. The number of hydrogen-bond donors (Lipinski definition) is 1. The van der Waals surface area contributed by atoms with Gasteiger partial charge in [-0.1, -0.05) is 19.3 Å². The lowest BCUT2D eigenvalue weighted by Crippen LogP contribution is -2.42. The molecule has 2 N–H and O–H groups in total. The molecule has 1 aromatic rings. The van der Waals surface area contributed by atoms with Crippen LogP contribution in [0.5, 0.6) is 0 Å². The van der Waals surface area contributed by atoms with Crippen LogP contribution in [0.15, 0.2) is 12.3 Å². The van der Waals surface area contributed by atoms with Gasteiger partial charge in [0.1, 0.15) is 5.82 Å². The van der Waals surface area contributed by atoms with E-state index in [9.17, 15) is 0 Å². The number of nitrogen functional groups attached to an aromatic ring is 1. The Morgan fingerprint density at radius 2 is 1.79 bits per heavy atom. The first-order chi connectivity index (χ1) is 9.26. The quantitative estimate of drug-likeness (QED) is 0.910. The van der Waals surface area contributed by atoms with E-state index in [1.165, 1.54) is 58.0 Å². The lowest BCUT2D eigenvalue weighted by atomic mass is 9.68. The highest BCUT2D eigenvalue weighted by molar-refractivity contribution is 5.23. The average Bonchev–Trinajstić information content (AvgIpc) is 2.85. The van der Waals surface area contributed by atoms with E-state index in [2.05, 4.69) is 10.00 Å². The molecule has 0 unspecified atom stereocenters. The second-order valence-electron chi connectivity index (χ2n) is 6.41. The normalized spacial score (nSPS) is 23.8. The topological polar surface area (TPSA) is 47.1 Å². The molecule has 0 aromatic carbocycles. The summed E-state index contributed by atoms with van der Waals surface area (Å²) in [5.41, 5.74) is 6.35. The van der Waals surface area contributed by atoms with E-state index in [-0.39, 0.29) is 0 Å². The maximum absolute atomic E-state index is 5.64. The fraction of sp³-hybridized carbons (Fsp3) is 0.800. The molecule has 0 amide bonds. The zero-order chi connectivity index (χ0) is 13.1. The highest BCUT2D eigenvalue weighted by Gasteiger charge is 2.35. The first-order valence-corrected chi connectivity index (χ1v) is 7.77. The third-order valence-corrected chi connectivity index (χ3v) is 5.14. The van der Waals surface area contributed by atoms with Gasteiger partial charge in [0.05, 0.1) is 6.54 Å². The van der Waals surface area contributed by atoms with Crippen molar-refractivity contribution >= 4 is 5.82 Å². The molecular formula is C15H26N4. The molecule has 2 aliphatic rings. The summed E-state index contributed by atoms with van der Waals surface area (Å²) >= 11 is 0. The molecule has 1 aliphatic carbocycles. The summed E-state index contributed by atoms with van der Waals surface area (Å²) in [6.45, 7) is 4.62. The standard InChI is InChI=1S/C15H26N4/c16-14-4-9-19(17-14)13-12-18-10-7-15(8-11-18)5-2-1-3-6-15/h4,9H,1-3,5-8,10-13H2,(H2,16,17). The minimum absolute atomic E-state index is 0.625. The fourth-order valence-corrected chi connectivity index (χ4v) is 3.80. The van der Waals surface area contributed by atoms with Crippen molar-refractivity contribution in [2.45, 2.75) is 51.5 Å². The number of likely N-dealkylation sites (tertiary alicyclic amines) is 1. The van der Waals surface area contributed by atoms with Gasteiger partial charge in [-0.2, -0.15) is 5.10 Å². The first kappa shape index (κ1) is 13.0. The smallest absolute Gasteiger partial charge is 0.145 e. The second kappa shape index (κ2) is 5.53. The maximum atomic E-state index is 5.64. The van der Waals surface area contributed by atoms with Crippen molar-refractivity contribution < 1.29 is 0 Å². The summed E-state index contributed by atoms with van der Waals surface area (Å²) in [6.07, 6.45) is 12.2. The van der Waals surface area contributed by atoms with Crippen molar-refractivity contribution in [3.05, 3.63) is 12.3 Å². The van der Waals surface area contributed by atoms with Crippen LogP contribution in [-0.4, -0.2) is 34.3 Å². The Hall–Kier alpha value is -1.03. The van der Waals surface area contributed by atoms with Crippen LogP contribution < -0.4 is 5.73 Å². The zero-order valence-electron chi connectivity index (χ0n) is 11.9. The number of piperidine rings is 1. The Balaban J connectivity index is 1.45. The van der Waals surface area contributed by atoms with Crippen LogP contribution >= 0.6 is 0 Å². The Morgan fingerprint density at radius 3 is 2.42 bits per heavy atom. The number of anilines is 1. The molecule has 0 bridgehead atoms. The van der Waals surface area contributed by atoms with Crippen LogP contribution in [-0.2, 0) is 6.54 Å². The largest absolute Gasteiger partial charge is 0.382 e. The Morgan fingerprint density at radius 1 is 1.05 bits per heavy atom. The predicted molar refractivity (Wildman–Crippen MR) is 77.8 cm³/mol.